The lowest BCUT2D eigenvalue weighted by atomic mass is 9.99. The molecule has 4 heterocycles. The topological polar surface area (TPSA) is 53.5 Å². The number of benzene rings is 2. The molecule has 0 saturated carbocycles. The number of allylic oxidation sites excluding steroid dienone is 2. The second-order valence-corrected chi connectivity index (χ2v) is 11.2. The van der Waals surface area contributed by atoms with Crippen LogP contribution in [0.15, 0.2) is 47.5 Å². The van der Waals surface area contributed by atoms with E-state index in [-0.39, 0.29) is 11.4 Å². The van der Waals surface area contributed by atoms with E-state index in [1.54, 1.807) is 0 Å². The maximum Gasteiger partial charge on any atom is 0.319 e. The molecule has 0 aliphatic carbocycles. The van der Waals surface area contributed by atoms with E-state index in [1.807, 2.05) is 31.2 Å². The van der Waals surface area contributed by atoms with Gasteiger partial charge in [-0.25, -0.2) is 4.39 Å². The van der Waals surface area contributed by atoms with E-state index in [2.05, 4.69) is 44.4 Å². The highest BCUT2D eigenvalue weighted by Gasteiger charge is 2.33. The van der Waals surface area contributed by atoms with Gasteiger partial charge in [0.15, 0.2) is 0 Å². The van der Waals surface area contributed by atoms with Crippen LogP contribution in [-0.2, 0) is 0 Å². The molecular weight excluding hydrogens is 513 g/mol. The Labute approximate surface area is 233 Å². The quantitative estimate of drug-likeness (QED) is 0.427. The van der Waals surface area contributed by atoms with Crippen LogP contribution in [0.5, 0.6) is 6.01 Å². The van der Waals surface area contributed by atoms with Crippen LogP contribution in [0.4, 0.5) is 10.2 Å². The van der Waals surface area contributed by atoms with Gasteiger partial charge < -0.3 is 19.9 Å². The van der Waals surface area contributed by atoms with Gasteiger partial charge in [-0.05, 0) is 73.7 Å². The molecule has 0 amide bonds. The van der Waals surface area contributed by atoms with Crippen molar-refractivity contribution in [1.82, 2.24) is 20.2 Å². The van der Waals surface area contributed by atoms with Crippen molar-refractivity contribution in [3.8, 4) is 6.01 Å². The minimum absolute atomic E-state index is 0.187. The molecule has 6 rings (SSSR count). The molecule has 1 aromatic heterocycles. The third-order valence-electron chi connectivity index (χ3n) is 8.18. The SMILES string of the molecule is C\C(=C(Cl)/C=c1/c(N2CC3CCC(C2)N3)nc(OCCCN2CCC2)n/c1=C\F)c1cccc2ccccc12. The number of likely N-dealkylation sites (tertiary alicyclic amines) is 1. The van der Waals surface area contributed by atoms with E-state index in [1.165, 1.54) is 6.42 Å². The normalized spacial score (nSPS) is 22.8. The van der Waals surface area contributed by atoms with E-state index < -0.39 is 0 Å². The number of halogens is 2. The van der Waals surface area contributed by atoms with Gasteiger partial charge in [0.05, 0.1) is 6.61 Å². The molecule has 6 nitrogen and oxygen atoms in total. The Balaban J connectivity index is 1.39. The number of hydrogen-bond acceptors (Lipinski definition) is 6. The zero-order valence-corrected chi connectivity index (χ0v) is 23.1. The molecule has 1 N–H and O–H groups in total. The number of rotatable bonds is 8. The third-order valence-corrected chi connectivity index (χ3v) is 8.57. The van der Waals surface area contributed by atoms with Crippen LogP contribution in [0, 0.1) is 0 Å². The summed E-state index contributed by atoms with van der Waals surface area (Å²) in [5, 5.41) is 7.23. The van der Waals surface area contributed by atoms with Crippen molar-refractivity contribution in [1.29, 1.82) is 0 Å². The molecule has 3 fully saturated rings. The van der Waals surface area contributed by atoms with Gasteiger partial charge in [-0.3, -0.25) is 0 Å². The van der Waals surface area contributed by atoms with Crippen molar-refractivity contribution >= 4 is 46.2 Å². The number of aromatic nitrogens is 2. The van der Waals surface area contributed by atoms with Crippen molar-refractivity contribution in [2.45, 2.75) is 44.7 Å². The van der Waals surface area contributed by atoms with E-state index >= 15 is 0 Å². The summed E-state index contributed by atoms with van der Waals surface area (Å²) in [5.41, 5.74) is 1.96. The number of anilines is 1. The highest BCUT2D eigenvalue weighted by Crippen LogP contribution is 2.29. The lowest BCUT2D eigenvalue weighted by Gasteiger charge is -2.34. The minimum Gasteiger partial charge on any atom is -0.463 e. The predicted molar refractivity (Wildman–Crippen MR) is 157 cm³/mol. The first kappa shape index (κ1) is 26.2. The number of piperazine rings is 1. The maximum absolute atomic E-state index is 14.4. The van der Waals surface area contributed by atoms with E-state index in [4.69, 9.17) is 21.3 Å². The standard InChI is InChI=1S/C31H35ClFN5O/c1-21(25-10-4-8-22-7-2-3-9-26(22)25)28(32)17-27-29(18-33)35-31(39-16-6-15-37-13-5-14-37)36-30(27)38-19-23-11-12-24(20-38)34-23/h2-4,7-10,17-18,23-24,34H,5-6,11-16,19-20H2,1H3/b27-17+,28-21-,29-18-. The Hall–Kier alpha value is -3.00. The van der Waals surface area contributed by atoms with E-state index in [9.17, 15) is 4.39 Å². The number of ether oxygens (including phenoxy) is 1. The number of nitrogens with one attached hydrogen (secondary N) is 1. The summed E-state index contributed by atoms with van der Waals surface area (Å²) in [6, 6.07) is 15.4. The Morgan fingerprint density at radius 3 is 2.62 bits per heavy atom. The van der Waals surface area contributed by atoms with Crippen LogP contribution < -0.4 is 25.5 Å². The molecule has 0 radical (unpaired) electrons. The summed E-state index contributed by atoms with van der Waals surface area (Å²) >= 11 is 6.97. The first-order chi connectivity index (χ1) is 19.1. The zero-order valence-electron chi connectivity index (χ0n) is 22.4. The summed E-state index contributed by atoms with van der Waals surface area (Å²) < 4.78 is 20.4. The minimum atomic E-state index is 0.187. The summed E-state index contributed by atoms with van der Waals surface area (Å²) in [6.45, 7) is 7.42. The van der Waals surface area contributed by atoms with Crippen LogP contribution in [0.2, 0.25) is 0 Å². The van der Waals surface area contributed by atoms with Crippen molar-refractivity contribution in [2.24, 2.45) is 0 Å². The summed E-state index contributed by atoms with van der Waals surface area (Å²) in [6.07, 6.45) is 6.78. The number of nitrogens with zero attached hydrogens (tertiary/aromatic N) is 4. The maximum atomic E-state index is 14.4. The molecule has 0 spiro atoms. The number of hydrogen-bond donors (Lipinski definition) is 1. The molecule has 2 unspecified atom stereocenters. The van der Waals surface area contributed by atoms with Crippen LogP contribution in [0.25, 0.3) is 28.8 Å². The Morgan fingerprint density at radius 2 is 1.87 bits per heavy atom. The monoisotopic (exact) mass is 547 g/mol. The van der Waals surface area contributed by atoms with Crippen LogP contribution >= 0.6 is 11.6 Å². The highest BCUT2D eigenvalue weighted by atomic mass is 35.5. The van der Waals surface area contributed by atoms with E-state index in [0.717, 1.165) is 73.9 Å². The van der Waals surface area contributed by atoms with Gasteiger partial charge in [-0.15, -0.1) is 0 Å². The van der Waals surface area contributed by atoms with Gasteiger partial charge in [0.25, 0.3) is 0 Å². The van der Waals surface area contributed by atoms with Gasteiger partial charge in [0.1, 0.15) is 17.5 Å². The fraction of sp³-hybridized carbons (Fsp3) is 0.419. The summed E-state index contributed by atoms with van der Waals surface area (Å²) in [4.78, 5) is 13.9. The molecule has 2 aromatic carbocycles. The molecular formula is C31H35ClFN5O. The fourth-order valence-electron chi connectivity index (χ4n) is 5.92. The average molecular weight is 548 g/mol. The number of fused-ring (bicyclic) bond motifs is 3. The molecule has 3 aliphatic heterocycles. The molecule has 2 atom stereocenters. The van der Waals surface area contributed by atoms with Crippen molar-refractivity contribution in [3.05, 3.63) is 63.6 Å². The second-order valence-electron chi connectivity index (χ2n) is 10.8. The highest BCUT2D eigenvalue weighted by molar-refractivity contribution is 6.37. The molecule has 3 aliphatic rings. The first-order valence-corrected chi connectivity index (χ1v) is 14.4. The Bertz CT molecular complexity index is 1490. The predicted octanol–water partition coefficient (Wildman–Crippen LogP) is 4.20. The Kier molecular flexibility index (Phi) is 7.82. The first-order valence-electron chi connectivity index (χ1n) is 14.0. The van der Waals surface area contributed by atoms with Crippen molar-refractivity contribution in [2.75, 3.05) is 44.2 Å². The molecule has 2 bridgehead atoms. The van der Waals surface area contributed by atoms with Crippen molar-refractivity contribution < 1.29 is 9.13 Å². The summed E-state index contributed by atoms with van der Waals surface area (Å²) in [7, 11) is 0. The van der Waals surface area contributed by atoms with Gasteiger partial charge in [0, 0.05) is 42.0 Å². The van der Waals surface area contributed by atoms with Crippen LogP contribution in [-0.4, -0.2) is 66.3 Å². The molecule has 3 saturated heterocycles. The van der Waals surface area contributed by atoms with Gasteiger partial charge >= 0.3 is 6.01 Å². The summed E-state index contributed by atoms with van der Waals surface area (Å²) in [5.74, 6) is 0.675. The molecule has 204 valence electrons. The third kappa shape index (κ3) is 5.67. The average Bonchev–Trinajstić information content (AvgIpc) is 3.28. The fourth-order valence-corrected chi connectivity index (χ4v) is 6.13. The molecule has 39 heavy (non-hydrogen) atoms. The lowest BCUT2D eigenvalue weighted by Crippen LogP contribution is -2.53. The van der Waals surface area contributed by atoms with Gasteiger partial charge in [-0.1, -0.05) is 54.1 Å². The van der Waals surface area contributed by atoms with Gasteiger partial charge in [0.2, 0.25) is 0 Å². The second kappa shape index (κ2) is 11.6. The van der Waals surface area contributed by atoms with Gasteiger partial charge in [-0.2, -0.15) is 9.97 Å². The van der Waals surface area contributed by atoms with Crippen LogP contribution in [0.3, 0.4) is 0 Å². The zero-order chi connectivity index (χ0) is 26.8. The largest absolute Gasteiger partial charge is 0.463 e. The van der Waals surface area contributed by atoms with Crippen molar-refractivity contribution in [3.63, 3.8) is 0 Å². The molecule has 8 heteroatoms. The van der Waals surface area contributed by atoms with E-state index in [0.29, 0.717) is 41.1 Å². The van der Waals surface area contributed by atoms with Crippen LogP contribution in [0.1, 0.15) is 38.2 Å². The molecule has 3 aromatic rings. The lowest BCUT2D eigenvalue weighted by molar-refractivity contribution is 0.163. The smallest absolute Gasteiger partial charge is 0.319 e. The Morgan fingerprint density at radius 1 is 1.10 bits per heavy atom.